The number of esters is 1. The summed E-state index contributed by atoms with van der Waals surface area (Å²) in [6, 6.07) is 15.4. The van der Waals surface area contributed by atoms with E-state index in [-0.39, 0.29) is 23.1 Å². The van der Waals surface area contributed by atoms with Gasteiger partial charge in [0.05, 0.1) is 20.3 Å². The number of benzene rings is 2. The molecule has 3 heterocycles. The fraction of sp³-hybridized carbons (Fsp3) is 0.379. The zero-order valence-corrected chi connectivity index (χ0v) is 23.0. The highest BCUT2D eigenvalue weighted by atomic mass is 16.6. The van der Waals surface area contributed by atoms with Gasteiger partial charge < -0.3 is 28.9 Å². The van der Waals surface area contributed by atoms with Crippen LogP contribution in [0, 0.1) is 10.1 Å². The fourth-order valence-electron chi connectivity index (χ4n) is 5.23. The van der Waals surface area contributed by atoms with E-state index in [1.165, 1.54) is 0 Å². The van der Waals surface area contributed by atoms with Crippen molar-refractivity contribution >= 4 is 28.6 Å². The summed E-state index contributed by atoms with van der Waals surface area (Å²) in [7, 11) is 1.58. The second-order valence-corrected chi connectivity index (χ2v) is 9.61. The second kappa shape index (κ2) is 11.8. The number of methoxy groups -OCH3 is 1. The molecule has 0 amide bonds. The first-order chi connectivity index (χ1) is 19.4. The summed E-state index contributed by atoms with van der Waals surface area (Å²) in [5, 5.41) is 12.9. The number of imidazole rings is 1. The maximum atomic E-state index is 12.7. The number of carbonyl (C=O) groups is 1. The molecule has 0 spiro atoms. The summed E-state index contributed by atoms with van der Waals surface area (Å²) < 4.78 is 18.5. The van der Waals surface area contributed by atoms with Gasteiger partial charge in [0, 0.05) is 56.2 Å². The van der Waals surface area contributed by atoms with Crippen molar-refractivity contribution in [2.24, 2.45) is 0 Å². The van der Waals surface area contributed by atoms with E-state index < -0.39 is 5.97 Å². The van der Waals surface area contributed by atoms with Crippen molar-refractivity contribution < 1.29 is 23.6 Å². The minimum atomic E-state index is -0.501. The first kappa shape index (κ1) is 27.2. The molecule has 1 aliphatic rings. The molecule has 0 bridgehead atoms. The van der Waals surface area contributed by atoms with Crippen LogP contribution in [0.2, 0.25) is 0 Å². The van der Waals surface area contributed by atoms with Crippen LogP contribution in [0.5, 0.6) is 5.75 Å². The molecule has 40 heavy (non-hydrogen) atoms. The zero-order chi connectivity index (χ0) is 28.2. The molecule has 0 unspecified atom stereocenters. The summed E-state index contributed by atoms with van der Waals surface area (Å²) in [6.07, 6.45) is 0.586. The molecule has 1 fully saturated rings. The number of rotatable bonds is 10. The predicted octanol–water partition coefficient (Wildman–Crippen LogP) is 4.66. The number of aryl methyl sites for hydroxylation is 1. The van der Waals surface area contributed by atoms with Gasteiger partial charge in [-0.15, -0.1) is 0 Å². The lowest BCUT2D eigenvalue weighted by molar-refractivity contribution is -0.388. The van der Waals surface area contributed by atoms with Gasteiger partial charge in [0.1, 0.15) is 11.3 Å². The highest BCUT2D eigenvalue weighted by Crippen LogP contribution is 2.33. The van der Waals surface area contributed by atoms with E-state index in [1.807, 2.05) is 58.9 Å². The van der Waals surface area contributed by atoms with Crippen molar-refractivity contribution in [3.8, 4) is 5.75 Å². The molecule has 210 valence electrons. The van der Waals surface area contributed by atoms with E-state index in [1.54, 1.807) is 20.1 Å². The normalized spacial score (nSPS) is 14.0. The van der Waals surface area contributed by atoms with E-state index in [4.69, 9.17) is 13.9 Å². The summed E-state index contributed by atoms with van der Waals surface area (Å²) >= 11 is 0. The Morgan fingerprint density at radius 3 is 2.48 bits per heavy atom. The monoisotopic (exact) mass is 547 g/mol. The maximum Gasteiger partial charge on any atom is 0.406 e. The van der Waals surface area contributed by atoms with Gasteiger partial charge in [0.25, 0.3) is 0 Å². The molecule has 0 saturated carbocycles. The van der Waals surface area contributed by atoms with Gasteiger partial charge in [-0.05, 0) is 34.5 Å². The third-order valence-corrected chi connectivity index (χ3v) is 7.19. The SMILES string of the molecule is CCOC(=O)c1oc2cc(OC)ccc2c1CN1CCN(c2c([N+](=O)[O-])nc(CC)n2Cc2ccccc2)CC1. The molecule has 0 aliphatic carbocycles. The topological polar surface area (TPSA) is 116 Å². The summed E-state index contributed by atoms with van der Waals surface area (Å²) in [5.41, 5.74) is 2.38. The first-order valence-electron chi connectivity index (χ1n) is 13.4. The lowest BCUT2D eigenvalue weighted by atomic mass is 10.1. The molecule has 0 atom stereocenters. The van der Waals surface area contributed by atoms with Crippen molar-refractivity contribution in [2.75, 3.05) is 44.8 Å². The molecule has 5 rings (SSSR count). The average molecular weight is 548 g/mol. The molecule has 11 nitrogen and oxygen atoms in total. The van der Waals surface area contributed by atoms with E-state index in [9.17, 15) is 14.9 Å². The Morgan fingerprint density at radius 2 is 1.82 bits per heavy atom. The molecule has 2 aromatic carbocycles. The van der Waals surface area contributed by atoms with Crippen LogP contribution in [0.3, 0.4) is 0 Å². The van der Waals surface area contributed by atoms with Crippen LogP contribution >= 0.6 is 0 Å². The lowest BCUT2D eigenvalue weighted by Crippen LogP contribution is -2.47. The van der Waals surface area contributed by atoms with E-state index in [0.717, 1.165) is 16.5 Å². The minimum Gasteiger partial charge on any atom is -0.497 e. The number of hydrogen-bond donors (Lipinski definition) is 0. The third kappa shape index (κ3) is 5.37. The van der Waals surface area contributed by atoms with Crippen LogP contribution in [-0.2, 0) is 24.2 Å². The Balaban J connectivity index is 1.40. The van der Waals surface area contributed by atoms with Gasteiger partial charge in [-0.1, -0.05) is 37.3 Å². The molecule has 0 radical (unpaired) electrons. The number of nitro groups is 1. The standard InChI is InChI=1S/C29H33N5O6/c1-4-25-30-27(34(36)37)28(33(25)18-20-9-7-6-8-10-20)32-15-13-31(14-16-32)19-23-22-12-11-21(38-3)17-24(22)40-26(23)29(35)39-5-2/h6-12,17H,4-5,13-16,18-19H2,1-3H3. The molecule has 4 aromatic rings. The molecular formula is C29H33N5O6. The van der Waals surface area contributed by atoms with Crippen molar-refractivity contribution in [1.29, 1.82) is 0 Å². The van der Waals surface area contributed by atoms with Crippen LogP contribution < -0.4 is 9.64 Å². The minimum absolute atomic E-state index is 0.111. The summed E-state index contributed by atoms with van der Waals surface area (Å²) in [5.74, 6) is 1.44. The zero-order valence-electron chi connectivity index (χ0n) is 23.0. The Kier molecular flexibility index (Phi) is 8.01. The molecule has 0 N–H and O–H groups in total. The van der Waals surface area contributed by atoms with Crippen LogP contribution in [0.4, 0.5) is 11.6 Å². The van der Waals surface area contributed by atoms with Gasteiger partial charge in [0.15, 0.2) is 0 Å². The third-order valence-electron chi connectivity index (χ3n) is 7.19. The predicted molar refractivity (Wildman–Crippen MR) is 150 cm³/mol. The molecular weight excluding hydrogens is 514 g/mol. The van der Waals surface area contributed by atoms with E-state index in [2.05, 4.69) is 9.88 Å². The van der Waals surface area contributed by atoms with Crippen LogP contribution in [0.15, 0.2) is 52.9 Å². The number of ether oxygens (including phenoxy) is 2. The van der Waals surface area contributed by atoms with Gasteiger partial charge in [-0.3, -0.25) is 9.47 Å². The average Bonchev–Trinajstić information content (AvgIpc) is 3.52. The van der Waals surface area contributed by atoms with Gasteiger partial charge in [-0.25, -0.2) is 4.79 Å². The highest BCUT2D eigenvalue weighted by Gasteiger charge is 2.33. The molecule has 1 saturated heterocycles. The summed E-state index contributed by atoms with van der Waals surface area (Å²) in [6.45, 7) is 7.37. The first-order valence-corrected chi connectivity index (χ1v) is 13.4. The molecule has 1 aliphatic heterocycles. The highest BCUT2D eigenvalue weighted by molar-refractivity contribution is 5.96. The van der Waals surface area contributed by atoms with E-state index in [0.29, 0.717) is 68.7 Å². The van der Waals surface area contributed by atoms with Gasteiger partial charge >= 0.3 is 11.8 Å². The second-order valence-electron chi connectivity index (χ2n) is 9.61. The van der Waals surface area contributed by atoms with Crippen molar-refractivity contribution in [3.63, 3.8) is 0 Å². The number of carbonyl (C=O) groups excluding carboxylic acids is 1. The van der Waals surface area contributed by atoms with Gasteiger partial charge in [-0.2, -0.15) is 0 Å². The summed E-state index contributed by atoms with van der Waals surface area (Å²) in [4.78, 5) is 33.1. The van der Waals surface area contributed by atoms with Crippen LogP contribution in [0.25, 0.3) is 11.0 Å². The number of anilines is 1. The number of hydrogen-bond acceptors (Lipinski definition) is 9. The number of fused-ring (bicyclic) bond motifs is 1. The number of nitrogens with zero attached hydrogens (tertiary/aromatic N) is 5. The van der Waals surface area contributed by atoms with E-state index >= 15 is 0 Å². The Labute approximate surface area is 232 Å². The Hall–Kier alpha value is -4.38. The van der Waals surface area contributed by atoms with Gasteiger partial charge in [0.2, 0.25) is 17.4 Å². The number of aromatic nitrogens is 2. The Bertz CT molecular complexity index is 1500. The number of piperazine rings is 1. The molecule has 2 aromatic heterocycles. The number of furan rings is 1. The lowest BCUT2D eigenvalue weighted by Gasteiger charge is -2.35. The van der Waals surface area contributed by atoms with Crippen molar-refractivity contribution in [1.82, 2.24) is 14.5 Å². The van der Waals surface area contributed by atoms with Crippen LogP contribution in [0.1, 0.15) is 41.4 Å². The smallest absolute Gasteiger partial charge is 0.406 e. The van der Waals surface area contributed by atoms with Crippen LogP contribution in [-0.4, -0.2) is 65.2 Å². The fourth-order valence-corrected chi connectivity index (χ4v) is 5.23. The molecule has 11 heteroatoms. The largest absolute Gasteiger partial charge is 0.497 e. The van der Waals surface area contributed by atoms with Crippen molar-refractivity contribution in [3.05, 3.63) is 81.4 Å². The maximum absolute atomic E-state index is 12.7. The van der Waals surface area contributed by atoms with Crippen molar-refractivity contribution in [2.45, 2.75) is 33.4 Å². The quantitative estimate of drug-likeness (QED) is 0.159. The Morgan fingerprint density at radius 1 is 1.07 bits per heavy atom.